The van der Waals surface area contributed by atoms with Crippen molar-refractivity contribution in [2.45, 2.75) is 57.7 Å². The molecule has 2 unspecified atom stereocenters. The van der Waals surface area contributed by atoms with Gasteiger partial charge in [-0.25, -0.2) is 9.18 Å². The fraction of sp³-hybridized carbons (Fsp3) is 0.632. The Morgan fingerprint density at radius 2 is 1.92 bits per heavy atom. The molecular formula is C19H27ClFN3O2. The summed E-state index contributed by atoms with van der Waals surface area (Å²) in [6, 6.07) is 3.33. The predicted octanol–water partition coefficient (Wildman–Crippen LogP) is 3.57. The second-order valence-corrected chi connectivity index (χ2v) is 8.53. The molecule has 2 saturated heterocycles. The lowest BCUT2D eigenvalue weighted by molar-refractivity contribution is 0.0123. The number of anilines is 1. The summed E-state index contributed by atoms with van der Waals surface area (Å²) in [7, 11) is 0. The van der Waals surface area contributed by atoms with Crippen molar-refractivity contribution >= 4 is 23.4 Å². The molecule has 0 aliphatic carbocycles. The van der Waals surface area contributed by atoms with Crippen LogP contribution in [0.3, 0.4) is 0 Å². The number of rotatable bonds is 3. The van der Waals surface area contributed by atoms with Gasteiger partial charge in [0.2, 0.25) is 0 Å². The normalized spacial score (nSPS) is 22.7. The molecule has 1 amide bonds. The number of benzene rings is 1. The number of fused-ring (bicyclic) bond motifs is 2. The van der Waals surface area contributed by atoms with E-state index in [1.54, 1.807) is 6.07 Å². The summed E-state index contributed by atoms with van der Waals surface area (Å²) >= 11 is 6.38. The highest BCUT2D eigenvalue weighted by Crippen LogP contribution is 2.38. The Labute approximate surface area is 159 Å². The maximum absolute atomic E-state index is 14.7. The first kappa shape index (κ1) is 19.2. The summed E-state index contributed by atoms with van der Waals surface area (Å²) < 4.78 is 20.2. The van der Waals surface area contributed by atoms with Crippen LogP contribution in [0.15, 0.2) is 12.1 Å². The highest BCUT2D eigenvalue weighted by atomic mass is 35.5. The zero-order chi connectivity index (χ0) is 19.1. The number of nitrogens with two attached hydrogens (primary N) is 1. The first-order valence-corrected chi connectivity index (χ1v) is 9.51. The van der Waals surface area contributed by atoms with Crippen molar-refractivity contribution < 1.29 is 13.9 Å². The third-order valence-electron chi connectivity index (χ3n) is 4.91. The fourth-order valence-electron chi connectivity index (χ4n) is 3.93. The predicted molar refractivity (Wildman–Crippen MR) is 101 cm³/mol. The lowest BCUT2D eigenvalue weighted by Crippen LogP contribution is -2.57. The van der Waals surface area contributed by atoms with E-state index >= 15 is 0 Å². The molecule has 0 spiro atoms. The number of nitrogens with zero attached hydrogens (tertiary/aromatic N) is 2. The van der Waals surface area contributed by atoms with Crippen LogP contribution in [-0.4, -0.2) is 48.3 Å². The summed E-state index contributed by atoms with van der Waals surface area (Å²) in [6.07, 6.45) is 2.10. The minimum atomic E-state index is -0.526. The average Bonchev–Trinajstić information content (AvgIpc) is 2.76. The minimum Gasteiger partial charge on any atom is -0.444 e. The highest BCUT2D eigenvalue weighted by molar-refractivity contribution is 6.33. The van der Waals surface area contributed by atoms with Crippen molar-refractivity contribution in [1.29, 1.82) is 0 Å². The molecule has 3 rings (SSSR count). The molecule has 0 radical (unpaired) electrons. The van der Waals surface area contributed by atoms with Crippen LogP contribution >= 0.6 is 11.6 Å². The second-order valence-electron chi connectivity index (χ2n) is 8.12. The summed E-state index contributed by atoms with van der Waals surface area (Å²) in [6.45, 7) is 7.16. The number of hydrogen-bond donors (Lipinski definition) is 1. The SMILES string of the molecule is CC(C)(C)OC(=O)N1C2CCC1CN(c1c(F)cc(CCN)cc1Cl)C2. The second kappa shape index (κ2) is 7.24. The van der Waals surface area contributed by atoms with E-state index in [1.807, 2.05) is 30.6 Å². The Balaban J connectivity index is 1.78. The van der Waals surface area contributed by atoms with Crippen LogP contribution in [0.1, 0.15) is 39.2 Å². The van der Waals surface area contributed by atoms with E-state index in [9.17, 15) is 9.18 Å². The lowest BCUT2D eigenvalue weighted by atomic mass is 10.1. The van der Waals surface area contributed by atoms with Crippen LogP contribution in [-0.2, 0) is 11.2 Å². The number of ether oxygens (including phenoxy) is 1. The Morgan fingerprint density at radius 1 is 1.31 bits per heavy atom. The van der Waals surface area contributed by atoms with E-state index in [0.29, 0.717) is 36.8 Å². The molecule has 2 fully saturated rings. The van der Waals surface area contributed by atoms with Crippen LogP contribution < -0.4 is 10.6 Å². The topological polar surface area (TPSA) is 58.8 Å². The van der Waals surface area contributed by atoms with Crippen molar-refractivity contribution in [3.05, 3.63) is 28.5 Å². The van der Waals surface area contributed by atoms with Crippen LogP contribution in [0.4, 0.5) is 14.9 Å². The molecule has 0 saturated carbocycles. The molecule has 144 valence electrons. The van der Waals surface area contributed by atoms with Crippen molar-refractivity contribution in [2.75, 3.05) is 24.5 Å². The fourth-order valence-corrected chi connectivity index (χ4v) is 4.28. The molecule has 2 heterocycles. The van der Waals surface area contributed by atoms with Crippen molar-refractivity contribution in [1.82, 2.24) is 4.90 Å². The van der Waals surface area contributed by atoms with Gasteiger partial charge in [0.1, 0.15) is 11.4 Å². The van der Waals surface area contributed by atoms with Crippen LogP contribution in [0.2, 0.25) is 5.02 Å². The van der Waals surface area contributed by atoms with E-state index < -0.39 is 5.60 Å². The quantitative estimate of drug-likeness (QED) is 0.866. The van der Waals surface area contributed by atoms with Gasteiger partial charge in [-0.05, 0) is 64.3 Å². The van der Waals surface area contributed by atoms with Gasteiger partial charge in [-0.3, -0.25) is 4.90 Å². The molecule has 2 bridgehead atoms. The van der Waals surface area contributed by atoms with Gasteiger partial charge in [0.25, 0.3) is 0 Å². The smallest absolute Gasteiger partial charge is 0.410 e. The van der Waals surface area contributed by atoms with Gasteiger partial charge in [-0.2, -0.15) is 0 Å². The highest BCUT2D eigenvalue weighted by Gasteiger charge is 2.45. The molecule has 2 aliphatic rings. The summed E-state index contributed by atoms with van der Waals surface area (Å²) in [5.74, 6) is -0.328. The van der Waals surface area contributed by atoms with Crippen LogP contribution in [0, 0.1) is 5.82 Å². The molecule has 2 N–H and O–H groups in total. The number of amides is 1. The summed E-state index contributed by atoms with van der Waals surface area (Å²) in [5, 5.41) is 0.401. The third kappa shape index (κ3) is 3.91. The van der Waals surface area contributed by atoms with Gasteiger partial charge in [0, 0.05) is 13.1 Å². The largest absolute Gasteiger partial charge is 0.444 e. The van der Waals surface area contributed by atoms with Crippen LogP contribution in [0.5, 0.6) is 0 Å². The Hall–Kier alpha value is -1.53. The maximum Gasteiger partial charge on any atom is 0.410 e. The first-order chi connectivity index (χ1) is 12.2. The van der Waals surface area contributed by atoms with E-state index in [1.165, 1.54) is 6.07 Å². The number of halogens is 2. The number of carbonyl (C=O) groups is 1. The number of carbonyl (C=O) groups excluding carboxylic acids is 1. The van der Waals surface area contributed by atoms with Crippen molar-refractivity contribution in [2.24, 2.45) is 5.73 Å². The number of piperazine rings is 1. The van der Waals surface area contributed by atoms with Crippen LogP contribution in [0.25, 0.3) is 0 Å². The van der Waals surface area contributed by atoms with Gasteiger partial charge < -0.3 is 15.4 Å². The average molecular weight is 384 g/mol. The molecule has 2 atom stereocenters. The lowest BCUT2D eigenvalue weighted by Gasteiger charge is -2.42. The molecule has 1 aromatic rings. The van der Waals surface area contributed by atoms with Gasteiger partial charge in [0.15, 0.2) is 0 Å². The van der Waals surface area contributed by atoms with E-state index in [2.05, 4.69) is 0 Å². The Morgan fingerprint density at radius 3 is 2.42 bits per heavy atom. The zero-order valence-electron chi connectivity index (χ0n) is 15.6. The summed E-state index contributed by atoms with van der Waals surface area (Å²) in [4.78, 5) is 16.3. The Bertz CT molecular complexity index is 655. The standard InChI is InChI=1S/C19H27ClFN3O2/c1-19(2,3)26-18(25)24-13-4-5-14(24)11-23(10-13)17-15(20)8-12(6-7-22)9-16(17)21/h8-9,13-14H,4-7,10-11,22H2,1-3H3. The molecular weight excluding hydrogens is 357 g/mol. The monoisotopic (exact) mass is 383 g/mol. The maximum atomic E-state index is 14.7. The van der Waals surface area contributed by atoms with Crippen molar-refractivity contribution in [3.8, 4) is 0 Å². The minimum absolute atomic E-state index is 0.0165. The summed E-state index contributed by atoms with van der Waals surface area (Å²) in [5.41, 5.74) is 6.25. The van der Waals surface area contributed by atoms with Gasteiger partial charge in [-0.1, -0.05) is 11.6 Å². The molecule has 0 aromatic heterocycles. The molecule has 7 heteroatoms. The number of hydrogen-bond acceptors (Lipinski definition) is 4. The van der Waals surface area contributed by atoms with Gasteiger partial charge in [-0.15, -0.1) is 0 Å². The van der Waals surface area contributed by atoms with Gasteiger partial charge in [0.05, 0.1) is 22.8 Å². The van der Waals surface area contributed by atoms with Crippen molar-refractivity contribution in [3.63, 3.8) is 0 Å². The van der Waals surface area contributed by atoms with E-state index in [0.717, 1.165) is 18.4 Å². The van der Waals surface area contributed by atoms with E-state index in [4.69, 9.17) is 22.1 Å². The molecule has 26 heavy (non-hydrogen) atoms. The molecule has 1 aromatic carbocycles. The van der Waals surface area contributed by atoms with Gasteiger partial charge >= 0.3 is 6.09 Å². The third-order valence-corrected chi connectivity index (χ3v) is 5.20. The first-order valence-electron chi connectivity index (χ1n) is 9.14. The van der Waals surface area contributed by atoms with E-state index in [-0.39, 0.29) is 24.0 Å². The molecule has 5 nitrogen and oxygen atoms in total. The zero-order valence-corrected chi connectivity index (χ0v) is 16.4. The Kier molecular flexibility index (Phi) is 5.35. The molecule has 2 aliphatic heterocycles.